The van der Waals surface area contributed by atoms with Crippen LogP contribution in [0.2, 0.25) is 0 Å². The van der Waals surface area contributed by atoms with Gasteiger partial charge in [0.2, 0.25) is 0 Å². The summed E-state index contributed by atoms with van der Waals surface area (Å²) >= 11 is 0. The molecule has 0 aliphatic carbocycles. The van der Waals surface area contributed by atoms with Crippen LogP contribution in [0.5, 0.6) is 0 Å². The summed E-state index contributed by atoms with van der Waals surface area (Å²) < 4.78 is 5.26. The lowest BCUT2D eigenvalue weighted by Gasteiger charge is -2.31. The molecule has 1 saturated heterocycles. The summed E-state index contributed by atoms with van der Waals surface area (Å²) in [5.41, 5.74) is 0.541. The zero-order valence-electron chi connectivity index (χ0n) is 8.73. The van der Waals surface area contributed by atoms with Gasteiger partial charge in [-0.25, -0.2) is 4.99 Å². The molecule has 5 heteroatoms. The second kappa shape index (κ2) is 4.32. The van der Waals surface area contributed by atoms with Crippen molar-refractivity contribution in [3.63, 3.8) is 0 Å². The summed E-state index contributed by atoms with van der Waals surface area (Å²) in [4.78, 5) is 6.45. The molecule has 15 heavy (non-hydrogen) atoms. The first-order chi connectivity index (χ1) is 7.31. The van der Waals surface area contributed by atoms with E-state index < -0.39 is 0 Å². The van der Waals surface area contributed by atoms with E-state index >= 15 is 0 Å². The van der Waals surface area contributed by atoms with Gasteiger partial charge in [-0.2, -0.15) is 5.26 Å². The second-order valence-corrected chi connectivity index (χ2v) is 3.60. The fourth-order valence-corrected chi connectivity index (χ4v) is 1.61. The van der Waals surface area contributed by atoms with Crippen LogP contribution in [-0.2, 0) is 4.74 Å². The predicted molar refractivity (Wildman–Crippen MR) is 56.1 cm³/mol. The maximum absolute atomic E-state index is 8.89. The number of nitrogens with zero attached hydrogens (tertiary/aromatic N) is 3. The molecular formula is C10H14N4O. The quantitative estimate of drug-likeness (QED) is 0.659. The maximum Gasteiger partial charge on any atom is 0.145 e. The Balaban J connectivity index is 2.10. The molecule has 0 aromatic heterocycles. The molecule has 5 nitrogen and oxygen atoms in total. The summed E-state index contributed by atoms with van der Waals surface area (Å²) in [5, 5.41) is 12.0. The van der Waals surface area contributed by atoms with Gasteiger partial charge in [-0.05, 0) is 6.92 Å². The molecule has 0 radical (unpaired) electrons. The fourth-order valence-electron chi connectivity index (χ4n) is 1.61. The number of nitriles is 1. The molecular weight excluding hydrogens is 192 g/mol. The second-order valence-electron chi connectivity index (χ2n) is 3.60. The normalized spacial score (nSPS) is 26.1. The molecule has 0 amide bonds. The van der Waals surface area contributed by atoms with Crippen LogP contribution in [0, 0.1) is 11.3 Å². The van der Waals surface area contributed by atoms with Gasteiger partial charge in [-0.15, -0.1) is 0 Å². The van der Waals surface area contributed by atoms with E-state index in [1.807, 2.05) is 13.1 Å². The van der Waals surface area contributed by atoms with Gasteiger partial charge in [0.1, 0.15) is 17.6 Å². The van der Waals surface area contributed by atoms with Crippen LogP contribution in [0.1, 0.15) is 6.92 Å². The molecule has 1 unspecified atom stereocenters. The topological polar surface area (TPSA) is 60.6 Å². The van der Waals surface area contributed by atoms with Crippen molar-refractivity contribution in [1.29, 1.82) is 5.26 Å². The molecule has 2 aliphatic rings. The summed E-state index contributed by atoms with van der Waals surface area (Å²) in [6.07, 6.45) is 1.87. The monoisotopic (exact) mass is 206 g/mol. The summed E-state index contributed by atoms with van der Waals surface area (Å²) in [7, 11) is 0. The third kappa shape index (κ3) is 2.10. The van der Waals surface area contributed by atoms with Crippen molar-refractivity contribution in [3.8, 4) is 6.07 Å². The first kappa shape index (κ1) is 9.99. The Labute approximate surface area is 89.0 Å². The van der Waals surface area contributed by atoms with Crippen LogP contribution in [0.15, 0.2) is 17.0 Å². The Morgan fingerprint density at radius 3 is 3.00 bits per heavy atom. The van der Waals surface area contributed by atoms with Crippen LogP contribution in [0.3, 0.4) is 0 Å². The first-order valence-corrected chi connectivity index (χ1v) is 5.09. The SMILES string of the molecule is CC1NC=C(N2CCOCC2)N=C1C#N. The Hall–Kier alpha value is -1.54. The molecule has 0 aromatic carbocycles. The van der Waals surface area contributed by atoms with Crippen LogP contribution >= 0.6 is 0 Å². The molecule has 0 aromatic rings. The zero-order valence-corrected chi connectivity index (χ0v) is 8.73. The Morgan fingerprint density at radius 2 is 2.33 bits per heavy atom. The Bertz CT molecular complexity index is 336. The fraction of sp³-hybridized carbons (Fsp3) is 0.600. The molecule has 0 bridgehead atoms. The van der Waals surface area contributed by atoms with Gasteiger partial charge < -0.3 is 15.0 Å². The number of ether oxygens (including phenoxy) is 1. The summed E-state index contributed by atoms with van der Waals surface area (Å²) in [5.74, 6) is 0.841. The van der Waals surface area contributed by atoms with Crippen molar-refractivity contribution in [1.82, 2.24) is 10.2 Å². The minimum absolute atomic E-state index is 0.0137. The predicted octanol–water partition coefficient (Wildman–Crippen LogP) is 0.0738. The molecule has 2 aliphatic heterocycles. The minimum atomic E-state index is 0.0137. The van der Waals surface area contributed by atoms with Crippen molar-refractivity contribution in [3.05, 3.63) is 12.0 Å². The number of hydrogen-bond acceptors (Lipinski definition) is 5. The van der Waals surface area contributed by atoms with Crippen molar-refractivity contribution < 1.29 is 4.74 Å². The van der Waals surface area contributed by atoms with Gasteiger partial charge in [0.15, 0.2) is 0 Å². The molecule has 1 atom stereocenters. The molecule has 2 heterocycles. The van der Waals surface area contributed by atoms with Crippen LogP contribution in [0.25, 0.3) is 0 Å². The third-order valence-electron chi connectivity index (χ3n) is 2.56. The van der Waals surface area contributed by atoms with Crippen molar-refractivity contribution in [2.45, 2.75) is 13.0 Å². The first-order valence-electron chi connectivity index (χ1n) is 5.09. The number of rotatable bonds is 1. The zero-order chi connectivity index (χ0) is 10.7. The standard InChI is InChI=1S/C10H14N4O/c1-8-9(6-11)13-10(7-12-8)14-2-4-15-5-3-14/h7-8,12H,2-5H2,1H3. The smallest absolute Gasteiger partial charge is 0.145 e. The highest BCUT2D eigenvalue weighted by atomic mass is 16.5. The number of nitrogens with one attached hydrogen (secondary N) is 1. The highest BCUT2D eigenvalue weighted by Gasteiger charge is 2.19. The van der Waals surface area contributed by atoms with Gasteiger partial charge in [0, 0.05) is 19.3 Å². The van der Waals surface area contributed by atoms with E-state index in [0.29, 0.717) is 5.71 Å². The van der Waals surface area contributed by atoms with Gasteiger partial charge >= 0.3 is 0 Å². The Kier molecular flexibility index (Phi) is 2.88. The van der Waals surface area contributed by atoms with Crippen molar-refractivity contribution >= 4 is 5.71 Å². The lowest BCUT2D eigenvalue weighted by molar-refractivity contribution is 0.0527. The van der Waals surface area contributed by atoms with Crippen LogP contribution in [0.4, 0.5) is 0 Å². The average Bonchev–Trinajstić information content (AvgIpc) is 2.31. The van der Waals surface area contributed by atoms with Crippen LogP contribution in [-0.4, -0.2) is 43.0 Å². The third-order valence-corrected chi connectivity index (χ3v) is 2.56. The van der Waals surface area contributed by atoms with Gasteiger partial charge in [-0.3, -0.25) is 0 Å². The highest BCUT2D eigenvalue weighted by molar-refractivity contribution is 6.03. The summed E-state index contributed by atoms with van der Waals surface area (Å²) in [6, 6.07) is 2.13. The van der Waals surface area contributed by atoms with Gasteiger partial charge in [-0.1, -0.05) is 0 Å². The molecule has 1 N–H and O–H groups in total. The molecule has 80 valence electrons. The van der Waals surface area contributed by atoms with Crippen molar-refractivity contribution in [2.75, 3.05) is 26.3 Å². The molecule has 1 fully saturated rings. The van der Waals surface area contributed by atoms with Crippen molar-refractivity contribution in [2.24, 2.45) is 4.99 Å². The minimum Gasteiger partial charge on any atom is -0.379 e. The lowest BCUT2D eigenvalue weighted by Crippen LogP contribution is -2.40. The highest BCUT2D eigenvalue weighted by Crippen LogP contribution is 2.12. The lowest BCUT2D eigenvalue weighted by atomic mass is 10.2. The van der Waals surface area contributed by atoms with Crippen LogP contribution < -0.4 is 5.32 Å². The van der Waals surface area contributed by atoms with E-state index in [1.54, 1.807) is 0 Å². The van der Waals surface area contributed by atoms with E-state index in [0.717, 1.165) is 32.1 Å². The van der Waals surface area contributed by atoms with E-state index in [9.17, 15) is 0 Å². The van der Waals surface area contributed by atoms with Gasteiger partial charge in [0.05, 0.1) is 19.3 Å². The average molecular weight is 206 g/mol. The molecule has 0 saturated carbocycles. The van der Waals surface area contributed by atoms with E-state index in [1.165, 1.54) is 0 Å². The number of hydrogen-bond donors (Lipinski definition) is 1. The number of morpholine rings is 1. The Morgan fingerprint density at radius 1 is 1.60 bits per heavy atom. The van der Waals surface area contributed by atoms with E-state index in [4.69, 9.17) is 10.00 Å². The maximum atomic E-state index is 8.89. The van der Waals surface area contributed by atoms with E-state index in [2.05, 4.69) is 21.3 Å². The number of aliphatic imine (C=N–C) groups is 1. The largest absolute Gasteiger partial charge is 0.379 e. The van der Waals surface area contributed by atoms with Gasteiger partial charge in [0.25, 0.3) is 0 Å². The molecule has 0 spiro atoms. The van der Waals surface area contributed by atoms with E-state index in [-0.39, 0.29) is 6.04 Å². The molecule has 2 rings (SSSR count). The summed E-state index contributed by atoms with van der Waals surface area (Å²) in [6.45, 7) is 5.05.